The number of halogens is 1. The van der Waals surface area contributed by atoms with Crippen LogP contribution in [0.15, 0.2) is 97.6 Å². The van der Waals surface area contributed by atoms with Crippen LogP contribution in [0.25, 0.3) is 55.7 Å². The largest absolute Gasteiger partial charge is 0.352 e. The van der Waals surface area contributed by atoms with Crippen LogP contribution in [0.3, 0.4) is 0 Å². The van der Waals surface area contributed by atoms with E-state index in [2.05, 4.69) is 30.5 Å². The Bertz CT molecular complexity index is 2390. The lowest BCUT2D eigenvalue weighted by Crippen LogP contribution is -2.14. The number of benzene rings is 2. The first-order valence-corrected chi connectivity index (χ1v) is 16.8. The molecular formula is C35H28FN7O3S. The van der Waals surface area contributed by atoms with Gasteiger partial charge in [0, 0.05) is 35.2 Å². The van der Waals surface area contributed by atoms with E-state index in [4.69, 9.17) is 4.98 Å². The van der Waals surface area contributed by atoms with Gasteiger partial charge >= 0.3 is 0 Å². The Morgan fingerprint density at radius 3 is 2.53 bits per heavy atom. The highest BCUT2D eigenvalue weighted by Crippen LogP contribution is 2.34. The van der Waals surface area contributed by atoms with Crippen molar-refractivity contribution in [2.24, 2.45) is 0 Å². The SMILES string of the molecule is CS(=O)(=O)CCc1cc(F)cc(-c2cncc3[nH]c(-c4n[nH]c5ccc(-c6cncc(NC(=O)Cc7ccccc7)c6)nc45)cc23)c1. The number of hydrogen-bond acceptors (Lipinski definition) is 7. The van der Waals surface area contributed by atoms with Crippen LogP contribution in [0.5, 0.6) is 0 Å². The number of carbonyl (C=O) groups is 1. The summed E-state index contributed by atoms with van der Waals surface area (Å²) in [5.74, 6) is -0.674. The highest BCUT2D eigenvalue weighted by molar-refractivity contribution is 7.90. The number of carbonyl (C=O) groups excluding carboxylic acids is 1. The van der Waals surface area contributed by atoms with E-state index in [-0.39, 0.29) is 24.5 Å². The quantitative estimate of drug-likeness (QED) is 0.171. The Balaban J connectivity index is 1.20. The number of amides is 1. The zero-order chi connectivity index (χ0) is 32.5. The summed E-state index contributed by atoms with van der Waals surface area (Å²) in [6, 6.07) is 21.6. The molecule has 0 aliphatic rings. The molecule has 7 aromatic rings. The van der Waals surface area contributed by atoms with Crippen molar-refractivity contribution in [3.63, 3.8) is 0 Å². The van der Waals surface area contributed by atoms with Gasteiger partial charge in [-0.1, -0.05) is 36.4 Å². The number of nitrogens with zero attached hydrogens (tertiary/aromatic N) is 4. The fourth-order valence-corrected chi connectivity index (χ4v) is 6.15. The highest BCUT2D eigenvalue weighted by Gasteiger charge is 2.17. The summed E-state index contributed by atoms with van der Waals surface area (Å²) in [5.41, 5.74) is 8.03. The number of aryl methyl sites for hydroxylation is 1. The van der Waals surface area contributed by atoms with Crippen LogP contribution in [-0.2, 0) is 27.5 Å². The number of nitrogens with one attached hydrogen (secondary N) is 3. The van der Waals surface area contributed by atoms with E-state index in [9.17, 15) is 17.6 Å². The number of H-pyrrole nitrogens is 2. The number of aromatic nitrogens is 6. The second-order valence-corrected chi connectivity index (χ2v) is 13.7. The third-order valence-electron chi connectivity index (χ3n) is 7.76. The number of sulfone groups is 1. The number of aromatic amines is 2. The summed E-state index contributed by atoms with van der Waals surface area (Å²) in [6.45, 7) is 0. The normalized spacial score (nSPS) is 11.7. The summed E-state index contributed by atoms with van der Waals surface area (Å²) in [4.78, 5) is 29.6. The lowest BCUT2D eigenvalue weighted by atomic mass is 10.0. The molecule has 0 fully saturated rings. The van der Waals surface area contributed by atoms with Crippen molar-refractivity contribution >= 4 is 43.4 Å². The van der Waals surface area contributed by atoms with Gasteiger partial charge in [0.25, 0.3) is 0 Å². The Labute approximate surface area is 269 Å². The van der Waals surface area contributed by atoms with Gasteiger partial charge in [-0.15, -0.1) is 0 Å². The maximum Gasteiger partial charge on any atom is 0.228 e. The molecule has 10 nitrogen and oxygen atoms in total. The van der Waals surface area contributed by atoms with Gasteiger partial charge in [-0.05, 0) is 59.5 Å². The van der Waals surface area contributed by atoms with Crippen LogP contribution in [0, 0.1) is 5.82 Å². The monoisotopic (exact) mass is 645 g/mol. The number of anilines is 1. The van der Waals surface area contributed by atoms with Crippen LogP contribution in [0.4, 0.5) is 10.1 Å². The smallest absolute Gasteiger partial charge is 0.228 e. The molecule has 3 N–H and O–H groups in total. The Morgan fingerprint density at radius 2 is 1.70 bits per heavy atom. The lowest BCUT2D eigenvalue weighted by molar-refractivity contribution is -0.115. The molecule has 5 aromatic heterocycles. The first-order chi connectivity index (χ1) is 22.7. The fraction of sp³-hybridized carbons (Fsp3) is 0.114. The van der Waals surface area contributed by atoms with Gasteiger partial charge < -0.3 is 10.3 Å². The van der Waals surface area contributed by atoms with E-state index < -0.39 is 15.7 Å². The van der Waals surface area contributed by atoms with Gasteiger partial charge in [-0.25, -0.2) is 17.8 Å². The minimum Gasteiger partial charge on any atom is -0.352 e. The van der Waals surface area contributed by atoms with E-state index in [1.165, 1.54) is 12.1 Å². The second-order valence-electron chi connectivity index (χ2n) is 11.4. The molecule has 0 aliphatic heterocycles. The second kappa shape index (κ2) is 12.2. The molecule has 0 saturated carbocycles. The van der Waals surface area contributed by atoms with Crippen molar-refractivity contribution in [3.8, 4) is 33.8 Å². The van der Waals surface area contributed by atoms with Gasteiger partial charge in [0.1, 0.15) is 26.9 Å². The topological polar surface area (TPSA) is 146 Å². The fourth-order valence-electron chi connectivity index (χ4n) is 5.54. The van der Waals surface area contributed by atoms with Crippen LogP contribution in [0.1, 0.15) is 11.1 Å². The molecule has 0 unspecified atom stereocenters. The average Bonchev–Trinajstić information content (AvgIpc) is 3.68. The molecule has 0 spiro atoms. The number of fused-ring (bicyclic) bond motifs is 2. The van der Waals surface area contributed by atoms with Gasteiger partial charge in [-0.2, -0.15) is 5.10 Å². The summed E-state index contributed by atoms with van der Waals surface area (Å²) in [5, 5.41) is 11.3. The maximum absolute atomic E-state index is 14.7. The van der Waals surface area contributed by atoms with Crippen molar-refractivity contribution in [2.45, 2.75) is 12.8 Å². The minimum atomic E-state index is -3.20. The van der Waals surface area contributed by atoms with Crippen LogP contribution in [-0.4, -0.2) is 56.5 Å². The zero-order valence-electron chi connectivity index (χ0n) is 25.2. The molecule has 47 heavy (non-hydrogen) atoms. The molecule has 1 amide bonds. The molecule has 2 aromatic carbocycles. The van der Waals surface area contributed by atoms with Crippen molar-refractivity contribution in [1.82, 2.24) is 30.1 Å². The standard InChI is InChI=1S/C35H28FN7O3S/c1-47(45,46)10-9-22-11-23(14-25(36)12-22)28-19-38-20-32-27(28)16-31(40-32)35-34-30(42-43-35)8-7-29(41-34)24-15-26(18-37-17-24)39-33(44)13-21-5-3-2-4-6-21/h2-8,11-12,14-20,40H,9-10,13H2,1H3,(H,39,44)(H,42,43). The lowest BCUT2D eigenvalue weighted by Gasteiger charge is -2.07. The van der Waals surface area contributed by atoms with E-state index in [1.54, 1.807) is 30.9 Å². The van der Waals surface area contributed by atoms with Crippen molar-refractivity contribution in [1.29, 1.82) is 0 Å². The van der Waals surface area contributed by atoms with Crippen LogP contribution in [0.2, 0.25) is 0 Å². The molecule has 12 heteroatoms. The van der Waals surface area contributed by atoms with Gasteiger partial charge in [-0.3, -0.25) is 19.9 Å². The molecule has 5 heterocycles. The number of hydrogen-bond donors (Lipinski definition) is 3. The van der Waals surface area contributed by atoms with Crippen LogP contribution >= 0.6 is 0 Å². The van der Waals surface area contributed by atoms with Gasteiger partial charge in [0.05, 0.1) is 52.7 Å². The van der Waals surface area contributed by atoms with E-state index in [0.29, 0.717) is 45.0 Å². The predicted octanol–water partition coefficient (Wildman–Crippen LogP) is 6.14. The Hall–Kier alpha value is -5.75. The molecule has 7 rings (SSSR count). The third kappa shape index (κ3) is 6.63. The molecule has 234 valence electrons. The highest BCUT2D eigenvalue weighted by atomic mass is 32.2. The van der Waals surface area contributed by atoms with E-state index in [0.717, 1.165) is 33.8 Å². The Kier molecular flexibility index (Phi) is 7.78. The first-order valence-electron chi connectivity index (χ1n) is 14.8. The summed E-state index contributed by atoms with van der Waals surface area (Å²) >= 11 is 0. The maximum atomic E-state index is 14.7. The van der Waals surface area contributed by atoms with Gasteiger partial charge in [0.15, 0.2) is 0 Å². The van der Waals surface area contributed by atoms with Crippen molar-refractivity contribution in [2.75, 3.05) is 17.3 Å². The van der Waals surface area contributed by atoms with E-state index in [1.807, 2.05) is 54.6 Å². The van der Waals surface area contributed by atoms with Crippen molar-refractivity contribution < 1.29 is 17.6 Å². The molecule has 0 bridgehead atoms. The summed E-state index contributed by atoms with van der Waals surface area (Å²) < 4.78 is 38.1. The first kappa shape index (κ1) is 29.9. The number of pyridine rings is 3. The molecule has 0 radical (unpaired) electrons. The molecule has 0 aliphatic carbocycles. The average molecular weight is 646 g/mol. The molecule has 0 atom stereocenters. The summed E-state index contributed by atoms with van der Waals surface area (Å²) in [7, 11) is -3.20. The molecular weight excluding hydrogens is 617 g/mol. The summed E-state index contributed by atoms with van der Waals surface area (Å²) in [6.07, 6.45) is 8.24. The Morgan fingerprint density at radius 1 is 0.872 bits per heavy atom. The molecule has 0 saturated heterocycles. The van der Waals surface area contributed by atoms with Crippen LogP contribution < -0.4 is 5.32 Å². The third-order valence-corrected chi connectivity index (χ3v) is 8.71. The zero-order valence-corrected chi connectivity index (χ0v) is 26.0. The van der Waals surface area contributed by atoms with Gasteiger partial charge in [0.2, 0.25) is 5.91 Å². The van der Waals surface area contributed by atoms with E-state index >= 15 is 0 Å². The predicted molar refractivity (Wildman–Crippen MR) is 180 cm³/mol. The minimum absolute atomic E-state index is 0.0723. The number of rotatable bonds is 9. The van der Waals surface area contributed by atoms with Crippen molar-refractivity contribution in [3.05, 3.63) is 115 Å².